The average molecular weight is 282 g/mol. The van der Waals surface area contributed by atoms with E-state index in [1.165, 1.54) is 25.7 Å². The van der Waals surface area contributed by atoms with Crippen LogP contribution in [0.15, 0.2) is 11.0 Å². The van der Waals surface area contributed by atoms with Gasteiger partial charge in [-0.2, -0.15) is 5.10 Å². The lowest BCUT2D eigenvalue weighted by atomic mass is 10.1. The quantitative estimate of drug-likeness (QED) is 0.923. The molecule has 1 heterocycles. The van der Waals surface area contributed by atoms with E-state index in [2.05, 4.69) is 17.3 Å². The molecule has 0 amide bonds. The van der Waals surface area contributed by atoms with E-state index in [0.717, 1.165) is 13.0 Å². The van der Waals surface area contributed by atoms with Gasteiger partial charge in [0.2, 0.25) is 0 Å². The number of nitrogens with zero attached hydrogens (tertiary/aromatic N) is 2. The van der Waals surface area contributed by atoms with Gasteiger partial charge >= 0.3 is 0 Å². The SMILES string of the molecule is CC1CCCC1Nc1c(Cl)cnn(CC2CC2)c1=O. The Morgan fingerprint density at radius 2 is 2.21 bits per heavy atom. The van der Waals surface area contributed by atoms with Gasteiger partial charge in [-0.15, -0.1) is 0 Å². The van der Waals surface area contributed by atoms with Crippen LogP contribution in [-0.4, -0.2) is 15.8 Å². The first kappa shape index (κ1) is 13.0. The molecule has 2 aliphatic carbocycles. The highest BCUT2D eigenvalue weighted by atomic mass is 35.5. The molecule has 5 heteroatoms. The van der Waals surface area contributed by atoms with Crippen molar-refractivity contribution >= 4 is 17.3 Å². The molecule has 0 aromatic carbocycles. The van der Waals surface area contributed by atoms with Gasteiger partial charge in [-0.3, -0.25) is 4.79 Å². The number of hydrogen-bond acceptors (Lipinski definition) is 3. The molecule has 0 radical (unpaired) electrons. The van der Waals surface area contributed by atoms with Crippen LogP contribution in [0.4, 0.5) is 5.69 Å². The Bertz CT molecular complexity index is 524. The van der Waals surface area contributed by atoms with E-state index in [4.69, 9.17) is 11.6 Å². The molecule has 2 saturated carbocycles. The first-order chi connectivity index (χ1) is 9.15. The van der Waals surface area contributed by atoms with E-state index >= 15 is 0 Å². The molecule has 1 N–H and O–H groups in total. The zero-order valence-corrected chi connectivity index (χ0v) is 12.0. The van der Waals surface area contributed by atoms with E-state index in [0.29, 0.717) is 28.6 Å². The Balaban J connectivity index is 1.84. The molecule has 0 bridgehead atoms. The molecule has 104 valence electrons. The summed E-state index contributed by atoms with van der Waals surface area (Å²) in [6.07, 6.45) is 7.56. The second kappa shape index (κ2) is 5.16. The van der Waals surface area contributed by atoms with E-state index in [-0.39, 0.29) is 5.56 Å². The fraction of sp³-hybridized carbons (Fsp3) is 0.714. The second-order valence-corrected chi connectivity index (χ2v) is 6.36. The van der Waals surface area contributed by atoms with Crippen LogP contribution in [0.2, 0.25) is 5.02 Å². The summed E-state index contributed by atoms with van der Waals surface area (Å²) >= 11 is 6.14. The molecular weight excluding hydrogens is 262 g/mol. The maximum absolute atomic E-state index is 12.4. The third kappa shape index (κ3) is 2.78. The lowest BCUT2D eigenvalue weighted by Gasteiger charge is -2.19. The first-order valence-corrected chi connectivity index (χ1v) is 7.55. The predicted octanol–water partition coefficient (Wildman–Crippen LogP) is 2.91. The van der Waals surface area contributed by atoms with Gasteiger partial charge in [0, 0.05) is 12.6 Å². The molecule has 1 aromatic heterocycles. The van der Waals surface area contributed by atoms with Crippen molar-refractivity contribution in [1.29, 1.82) is 0 Å². The van der Waals surface area contributed by atoms with Gasteiger partial charge in [-0.25, -0.2) is 4.68 Å². The smallest absolute Gasteiger partial charge is 0.291 e. The Morgan fingerprint density at radius 1 is 1.42 bits per heavy atom. The Morgan fingerprint density at radius 3 is 2.84 bits per heavy atom. The number of nitrogens with one attached hydrogen (secondary N) is 1. The fourth-order valence-electron chi connectivity index (χ4n) is 2.82. The maximum atomic E-state index is 12.4. The zero-order valence-electron chi connectivity index (χ0n) is 11.2. The Hall–Kier alpha value is -1.03. The maximum Gasteiger partial charge on any atom is 0.291 e. The van der Waals surface area contributed by atoms with Gasteiger partial charge in [0.25, 0.3) is 5.56 Å². The molecule has 1 aromatic rings. The largest absolute Gasteiger partial charge is 0.376 e. The highest BCUT2D eigenvalue weighted by Crippen LogP contribution is 2.31. The molecule has 4 nitrogen and oxygen atoms in total. The lowest BCUT2D eigenvalue weighted by Crippen LogP contribution is -2.31. The Labute approximate surface area is 118 Å². The predicted molar refractivity (Wildman–Crippen MR) is 76.7 cm³/mol. The van der Waals surface area contributed by atoms with Crippen LogP contribution in [-0.2, 0) is 6.54 Å². The lowest BCUT2D eigenvalue weighted by molar-refractivity contribution is 0.527. The van der Waals surface area contributed by atoms with Crippen LogP contribution in [0.1, 0.15) is 39.0 Å². The molecule has 0 spiro atoms. The summed E-state index contributed by atoms with van der Waals surface area (Å²) < 4.78 is 1.56. The van der Waals surface area contributed by atoms with Crippen LogP contribution in [0.5, 0.6) is 0 Å². The van der Waals surface area contributed by atoms with Crippen molar-refractivity contribution in [1.82, 2.24) is 9.78 Å². The number of halogens is 1. The van der Waals surface area contributed by atoms with Crippen LogP contribution in [0.25, 0.3) is 0 Å². The summed E-state index contributed by atoms with van der Waals surface area (Å²) in [7, 11) is 0. The van der Waals surface area contributed by atoms with Crippen LogP contribution >= 0.6 is 11.6 Å². The standard InChI is InChI=1S/C14H20ClN3O/c1-9-3-2-4-12(9)17-13-11(15)7-16-18(14(13)19)8-10-5-6-10/h7,9-10,12,17H,2-6,8H2,1H3. The Kier molecular flexibility index (Phi) is 3.52. The molecule has 0 saturated heterocycles. The normalized spacial score (nSPS) is 26.6. The van der Waals surface area contributed by atoms with Crippen LogP contribution < -0.4 is 10.9 Å². The van der Waals surface area contributed by atoms with Gasteiger partial charge in [0.05, 0.1) is 11.2 Å². The number of hydrogen-bond donors (Lipinski definition) is 1. The van der Waals surface area contributed by atoms with Crippen molar-refractivity contribution in [2.45, 2.75) is 51.6 Å². The topological polar surface area (TPSA) is 46.9 Å². The van der Waals surface area contributed by atoms with Gasteiger partial charge in [-0.1, -0.05) is 24.9 Å². The summed E-state index contributed by atoms with van der Waals surface area (Å²) in [6.45, 7) is 2.95. The van der Waals surface area contributed by atoms with Crippen molar-refractivity contribution < 1.29 is 0 Å². The van der Waals surface area contributed by atoms with Gasteiger partial charge in [0.15, 0.2) is 0 Å². The summed E-state index contributed by atoms with van der Waals surface area (Å²) in [4.78, 5) is 12.4. The molecular formula is C14H20ClN3O. The summed E-state index contributed by atoms with van der Waals surface area (Å²) in [5, 5.41) is 7.94. The summed E-state index contributed by atoms with van der Waals surface area (Å²) in [5.74, 6) is 1.23. The van der Waals surface area contributed by atoms with E-state index in [9.17, 15) is 4.79 Å². The third-order valence-corrected chi connectivity index (χ3v) is 4.60. The number of rotatable bonds is 4. The number of anilines is 1. The minimum atomic E-state index is -0.0708. The van der Waals surface area contributed by atoms with Crippen molar-refractivity contribution in [3.8, 4) is 0 Å². The first-order valence-electron chi connectivity index (χ1n) is 7.17. The minimum absolute atomic E-state index is 0.0708. The summed E-state index contributed by atoms with van der Waals surface area (Å²) in [6, 6.07) is 0.363. The highest BCUT2D eigenvalue weighted by molar-refractivity contribution is 6.33. The molecule has 3 rings (SSSR count). The van der Waals surface area contributed by atoms with Gasteiger partial charge < -0.3 is 5.32 Å². The van der Waals surface area contributed by atoms with Crippen LogP contribution in [0, 0.1) is 11.8 Å². The zero-order chi connectivity index (χ0) is 13.4. The van der Waals surface area contributed by atoms with Gasteiger partial charge in [0.1, 0.15) is 5.69 Å². The van der Waals surface area contributed by atoms with E-state index < -0.39 is 0 Å². The molecule has 2 fully saturated rings. The third-order valence-electron chi connectivity index (χ3n) is 4.32. The average Bonchev–Trinajstić information content (AvgIpc) is 3.11. The number of aromatic nitrogens is 2. The van der Waals surface area contributed by atoms with Crippen molar-refractivity contribution in [3.63, 3.8) is 0 Å². The summed E-state index contributed by atoms with van der Waals surface area (Å²) in [5.41, 5.74) is 0.467. The molecule has 2 unspecified atom stereocenters. The molecule has 2 aliphatic rings. The van der Waals surface area contributed by atoms with Crippen LogP contribution in [0.3, 0.4) is 0 Å². The minimum Gasteiger partial charge on any atom is -0.376 e. The molecule has 2 atom stereocenters. The van der Waals surface area contributed by atoms with E-state index in [1.807, 2.05) is 0 Å². The van der Waals surface area contributed by atoms with Crippen molar-refractivity contribution in [3.05, 3.63) is 21.6 Å². The van der Waals surface area contributed by atoms with E-state index in [1.54, 1.807) is 10.9 Å². The van der Waals surface area contributed by atoms with Crippen molar-refractivity contribution in [2.24, 2.45) is 11.8 Å². The molecule has 0 aliphatic heterocycles. The van der Waals surface area contributed by atoms with Crippen molar-refractivity contribution in [2.75, 3.05) is 5.32 Å². The highest BCUT2D eigenvalue weighted by Gasteiger charge is 2.26. The second-order valence-electron chi connectivity index (χ2n) is 5.96. The fourth-order valence-corrected chi connectivity index (χ4v) is 3.00. The van der Waals surface area contributed by atoms with Gasteiger partial charge in [-0.05, 0) is 37.5 Å². The molecule has 19 heavy (non-hydrogen) atoms. The monoisotopic (exact) mass is 281 g/mol.